The van der Waals surface area contributed by atoms with Crippen LogP contribution >= 0.6 is 0 Å². The van der Waals surface area contributed by atoms with Crippen molar-refractivity contribution in [1.29, 1.82) is 0 Å². The Bertz CT molecular complexity index is 1100. The van der Waals surface area contributed by atoms with Crippen LogP contribution in [0.25, 0.3) is 0 Å². The number of benzene rings is 3. The Balaban J connectivity index is 1.46. The number of hydrogen-bond donors (Lipinski definition) is 0. The van der Waals surface area contributed by atoms with Crippen LogP contribution < -0.4 is 0 Å². The number of fused-ring (bicyclic) bond motifs is 1. The third-order valence-corrected chi connectivity index (χ3v) is 7.28. The van der Waals surface area contributed by atoms with Crippen LogP contribution in [0, 0.1) is 0 Å². The van der Waals surface area contributed by atoms with Crippen LogP contribution in [-0.4, -0.2) is 41.8 Å². The summed E-state index contributed by atoms with van der Waals surface area (Å²) in [6.07, 6.45) is 0.766. The molecule has 1 fully saturated rings. The molecule has 3 nitrogen and oxygen atoms in total. The molecule has 0 amide bonds. The lowest BCUT2D eigenvalue weighted by Gasteiger charge is -2.45. The van der Waals surface area contributed by atoms with E-state index < -0.39 is 5.54 Å². The summed E-state index contributed by atoms with van der Waals surface area (Å²) in [4.78, 5) is 19.0. The number of ketones is 1. The molecule has 0 radical (unpaired) electrons. The van der Waals surface area contributed by atoms with Crippen molar-refractivity contribution in [3.8, 4) is 0 Å². The van der Waals surface area contributed by atoms with Crippen molar-refractivity contribution >= 4 is 5.78 Å². The summed E-state index contributed by atoms with van der Waals surface area (Å²) in [6, 6.07) is 27.7. The van der Waals surface area contributed by atoms with Crippen molar-refractivity contribution in [2.45, 2.75) is 38.3 Å². The van der Waals surface area contributed by atoms with Crippen molar-refractivity contribution in [2.24, 2.45) is 0 Å². The second kappa shape index (κ2) is 8.65. The number of carbonyl (C=O) groups excluding carboxylic acids is 1. The zero-order valence-corrected chi connectivity index (χ0v) is 19.1. The number of piperazine rings is 1. The summed E-state index contributed by atoms with van der Waals surface area (Å²) in [5.41, 5.74) is 5.29. The Hall–Kier alpha value is -2.75. The minimum atomic E-state index is -0.590. The molecule has 1 aliphatic heterocycles. The normalized spacial score (nSPS) is 21.8. The fourth-order valence-electron chi connectivity index (χ4n) is 5.43. The standard InChI is InChI=1S/C29H32N2O/c1-22(2)24-12-8-13-26(19-24)29(20-25-11-6-7-14-27(25)28(29)32)31-17-15-30(16-18-31)21-23-9-4-3-5-10-23/h3-14,19,22H,15-18,20-21H2,1-2H3. The maximum absolute atomic E-state index is 14.0. The van der Waals surface area contributed by atoms with Gasteiger partial charge in [-0.1, -0.05) is 92.7 Å². The van der Waals surface area contributed by atoms with Crippen LogP contribution in [0.3, 0.4) is 0 Å². The van der Waals surface area contributed by atoms with E-state index in [1.807, 2.05) is 12.1 Å². The van der Waals surface area contributed by atoms with Gasteiger partial charge < -0.3 is 0 Å². The summed E-state index contributed by atoms with van der Waals surface area (Å²) in [7, 11) is 0. The largest absolute Gasteiger partial charge is 0.297 e. The van der Waals surface area contributed by atoms with Gasteiger partial charge in [0.05, 0.1) is 0 Å². The van der Waals surface area contributed by atoms with Gasteiger partial charge in [-0.05, 0) is 28.2 Å². The predicted molar refractivity (Wildman–Crippen MR) is 130 cm³/mol. The van der Waals surface area contributed by atoms with Gasteiger partial charge in [-0.3, -0.25) is 14.6 Å². The van der Waals surface area contributed by atoms with E-state index in [0.717, 1.165) is 50.3 Å². The number of hydrogen-bond acceptors (Lipinski definition) is 3. The molecule has 1 aliphatic carbocycles. The Kier molecular flexibility index (Phi) is 5.71. The highest BCUT2D eigenvalue weighted by Crippen LogP contribution is 2.43. The lowest BCUT2D eigenvalue weighted by Crippen LogP contribution is -2.58. The van der Waals surface area contributed by atoms with E-state index in [-0.39, 0.29) is 5.78 Å². The Morgan fingerprint density at radius 2 is 1.56 bits per heavy atom. The Morgan fingerprint density at radius 1 is 0.844 bits per heavy atom. The van der Waals surface area contributed by atoms with Gasteiger partial charge in [0.2, 0.25) is 0 Å². The number of rotatable bonds is 5. The molecule has 1 unspecified atom stereocenters. The summed E-state index contributed by atoms with van der Waals surface area (Å²) < 4.78 is 0. The molecular weight excluding hydrogens is 392 g/mol. The molecule has 1 heterocycles. The van der Waals surface area contributed by atoms with Crippen molar-refractivity contribution in [1.82, 2.24) is 9.80 Å². The third kappa shape index (κ3) is 3.70. The number of carbonyl (C=O) groups is 1. The molecule has 2 aliphatic rings. The van der Waals surface area contributed by atoms with Gasteiger partial charge in [0.1, 0.15) is 5.54 Å². The molecule has 1 saturated heterocycles. The highest BCUT2D eigenvalue weighted by Gasteiger charge is 2.51. The van der Waals surface area contributed by atoms with E-state index >= 15 is 0 Å². The predicted octanol–water partition coefficient (Wildman–Crippen LogP) is 5.26. The molecule has 1 atom stereocenters. The number of Topliss-reactive ketones (excluding diaryl/α,β-unsaturated/α-hetero) is 1. The zero-order chi connectivity index (χ0) is 22.1. The second-order valence-corrected chi connectivity index (χ2v) is 9.55. The average Bonchev–Trinajstić information content (AvgIpc) is 3.14. The monoisotopic (exact) mass is 424 g/mol. The molecule has 5 rings (SSSR count). The third-order valence-electron chi connectivity index (χ3n) is 7.28. The smallest absolute Gasteiger partial charge is 0.188 e. The minimum absolute atomic E-state index is 0.269. The Morgan fingerprint density at radius 3 is 2.28 bits per heavy atom. The van der Waals surface area contributed by atoms with Crippen LogP contribution in [0.15, 0.2) is 78.9 Å². The van der Waals surface area contributed by atoms with Gasteiger partial charge in [0.25, 0.3) is 0 Å². The Labute approximate surface area is 191 Å². The SMILES string of the molecule is CC(C)c1cccc(C2(N3CCN(Cc4ccccc4)CC3)Cc3ccccc3C2=O)c1. The number of nitrogens with zero attached hydrogens (tertiary/aromatic N) is 2. The van der Waals surface area contributed by atoms with E-state index in [4.69, 9.17) is 0 Å². The van der Waals surface area contributed by atoms with E-state index in [2.05, 4.69) is 90.4 Å². The molecule has 0 N–H and O–H groups in total. The molecule has 0 bridgehead atoms. The molecule has 3 aromatic carbocycles. The van der Waals surface area contributed by atoms with Gasteiger partial charge in [0, 0.05) is 44.7 Å². The lowest BCUT2D eigenvalue weighted by molar-refractivity contribution is 0.0288. The summed E-state index contributed by atoms with van der Waals surface area (Å²) in [5.74, 6) is 0.708. The summed E-state index contributed by atoms with van der Waals surface area (Å²) >= 11 is 0. The van der Waals surface area contributed by atoms with Gasteiger partial charge in [-0.15, -0.1) is 0 Å². The molecule has 164 valence electrons. The van der Waals surface area contributed by atoms with Crippen LogP contribution in [-0.2, 0) is 18.5 Å². The van der Waals surface area contributed by atoms with Crippen molar-refractivity contribution in [3.05, 3.63) is 107 Å². The van der Waals surface area contributed by atoms with Gasteiger partial charge in [-0.25, -0.2) is 0 Å². The van der Waals surface area contributed by atoms with Crippen molar-refractivity contribution < 1.29 is 4.79 Å². The van der Waals surface area contributed by atoms with Crippen LogP contribution in [0.1, 0.15) is 52.4 Å². The van der Waals surface area contributed by atoms with Crippen LogP contribution in [0.4, 0.5) is 0 Å². The van der Waals surface area contributed by atoms with Gasteiger partial charge in [0.15, 0.2) is 5.78 Å². The first-order valence-corrected chi connectivity index (χ1v) is 11.8. The minimum Gasteiger partial charge on any atom is -0.297 e. The fourth-order valence-corrected chi connectivity index (χ4v) is 5.43. The van der Waals surface area contributed by atoms with E-state index in [1.165, 1.54) is 16.7 Å². The fraction of sp³-hybridized carbons (Fsp3) is 0.345. The molecule has 3 heteroatoms. The van der Waals surface area contributed by atoms with Crippen LogP contribution in [0.5, 0.6) is 0 Å². The van der Waals surface area contributed by atoms with E-state index in [0.29, 0.717) is 5.92 Å². The first kappa shape index (κ1) is 21.1. The lowest BCUT2D eigenvalue weighted by atomic mass is 9.81. The van der Waals surface area contributed by atoms with Crippen molar-refractivity contribution in [3.63, 3.8) is 0 Å². The quantitative estimate of drug-likeness (QED) is 0.558. The summed E-state index contributed by atoms with van der Waals surface area (Å²) in [6.45, 7) is 9.17. The topological polar surface area (TPSA) is 23.6 Å². The molecule has 0 spiro atoms. The summed E-state index contributed by atoms with van der Waals surface area (Å²) in [5, 5.41) is 0. The second-order valence-electron chi connectivity index (χ2n) is 9.55. The van der Waals surface area contributed by atoms with Crippen molar-refractivity contribution in [2.75, 3.05) is 26.2 Å². The van der Waals surface area contributed by atoms with Gasteiger partial charge >= 0.3 is 0 Å². The van der Waals surface area contributed by atoms with Gasteiger partial charge in [-0.2, -0.15) is 0 Å². The zero-order valence-electron chi connectivity index (χ0n) is 19.1. The van der Waals surface area contributed by atoms with E-state index in [1.54, 1.807) is 0 Å². The van der Waals surface area contributed by atoms with Crippen LogP contribution in [0.2, 0.25) is 0 Å². The molecule has 3 aromatic rings. The molecule has 0 aromatic heterocycles. The maximum atomic E-state index is 14.0. The average molecular weight is 425 g/mol. The molecule has 32 heavy (non-hydrogen) atoms. The highest BCUT2D eigenvalue weighted by molar-refractivity contribution is 6.08. The maximum Gasteiger partial charge on any atom is 0.188 e. The van der Waals surface area contributed by atoms with E-state index in [9.17, 15) is 4.79 Å². The first-order valence-electron chi connectivity index (χ1n) is 11.8. The molecule has 0 saturated carbocycles. The molecular formula is C29H32N2O. The highest BCUT2D eigenvalue weighted by atomic mass is 16.1. The first-order chi connectivity index (χ1) is 15.6.